The number of benzene rings is 5. The van der Waals surface area contributed by atoms with E-state index in [1.165, 1.54) is 5.56 Å². The van der Waals surface area contributed by atoms with Crippen LogP contribution >= 0.6 is 0 Å². The molecule has 0 radical (unpaired) electrons. The van der Waals surface area contributed by atoms with Crippen LogP contribution in [0.5, 0.6) is 0 Å². The van der Waals surface area contributed by atoms with Crippen molar-refractivity contribution in [1.29, 1.82) is 0 Å². The molecule has 0 amide bonds. The summed E-state index contributed by atoms with van der Waals surface area (Å²) in [5.74, 6) is -71.3. The number of rotatable bonds is 7. The van der Waals surface area contributed by atoms with Crippen molar-refractivity contribution in [3.63, 3.8) is 0 Å². The van der Waals surface area contributed by atoms with Crippen molar-refractivity contribution in [2.45, 2.75) is 13.5 Å². The lowest BCUT2D eigenvalue weighted by Gasteiger charge is -2.44. The lowest BCUT2D eigenvalue weighted by Crippen LogP contribution is -2.81. The van der Waals surface area contributed by atoms with Gasteiger partial charge in [0.1, 0.15) is 52.7 Å². The average Bonchev–Trinajstić information content (AvgIpc) is 3.24. The van der Waals surface area contributed by atoms with Gasteiger partial charge in [-0.15, -0.1) is 21.9 Å². The minimum atomic E-state index is -7.22. The van der Waals surface area contributed by atoms with Crippen molar-refractivity contribution in [1.82, 2.24) is 0 Å². The summed E-state index contributed by atoms with van der Waals surface area (Å²) in [5.41, 5.74) is -12.4. The molecule has 23 heteroatoms. The smallest absolute Gasteiger partial charge is 0.248 e. The Hall–Kier alpha value is -6.42. The number of ketones is 1. The van der Waals surface area contributed by atoms with Crippen LogP contribution in [0.1, 0.15) is 23.0 Å². The molecule has 61 heavy (non-hydrogen) atoms. The van der Waals surface area contributed by atoms with Crippen LogP contribution in [0.2, 0.25) is 0 Å². The first-order valence-electron chi connectivity index (χ1n) is 16.2. The van der Waals surface area contributed by atoms with Gasteiger partial charge >= 0.3 is 0 Å². The van der Waals surface area contributed by atoms with Crippen molar-refractivity contribution < 1.29 is 97.2 Å². The van der Waals surface area contributed by atoms with E-state index < -0.39 is 144 Å². The number of hydrogen-bond donors (Lipinski definition) is 0. The Balaban J connectivity index is 0.000000366. The molecule has 0 aliphatic heterocycles. The first kappa shape index (κ1) is 45.7. The zero-order valence-electron chi connectivity index (χ0n) is 29.4. The lowest BCUT2D eigenvalue weighted by molar-refractivity contribution is -0.690. The third-order valence-corrected chi connectivity index (χ3v) is 9.20. The number of aromatic nitrogens is 1. The van der Waals surface area contributed by atoms with Gasteiger partial charge in [0.2, 0.25) is 11.5 Å². The molecular formula is C38H14BF20NO. The summed E-state index contributed by atoms with van der Waals surface area (Å²) in [4.78, 5) is 11.4. The van der Waals surface area contributed by atoms with E-state index in [1.54, 1.807) is 6.92 Å². The molecule has 0 N–H and O–H groups in total. The van der Waals surface area contributed by atoms with Crippen LogP contribution in [0.3, 0.4) is 0 Å². The Morgan fingerprint density at radius 2 is 0.623 bits per heavy atom. The number of nitrogens with zero attached hydrogens (tertiary/aromatic N) is 1. The molecule has 6 rings (SSSR count). The Morgan fingerprint density at radius 1 is 0.377 bits per heavy atom. The third-order valence-electron chi connectivity index (χ3n) is 9.20. The molecule has 0 spiro atoms. The maximum Gasteiger partial charge on any atom is 0.248 e. The van der Waals surface area contributed by atoms with Crippen LogP contribution in [0.15, 0.2) is 54.7 Å². The van der Waals surface area contributed by atoms with E-state index in [1.807, 2.05) is 47.2 Å². The minimum Gasteiger partial charge on any atom is -0.288 e. The van der Waals surface area contributed by atoms with Crippen LogP contribution in [0.4, 0.5) is 87.8 Å². The van der Waals surface area contributed by atoms with Gasteiger partial charge in [0.25, 0.3) is 0 Å². The van der Waals surface area contributed by atoms with Gasteiger partial charge in [-0.3, -0.25) is 4.79 Å². The molecular weight excluding hydrogens is 877 g/mol. The Bertz CT molecular complexity index is 2380. The average molecular weight is 891 g/mol. The van der Waals surface area contributed by atoms with Gasteiger partial charge in [-0.1, -0.05) is 30.3 Å². The number of Topliss-reactive ketones (excluding diaryl/α,β-unsaturated/α-hetero) is 1. The van der Waals surface area contributed by atoms with Gasteiger partial charge in [0, 0.05) is 24.6 Å². The molecule has 0 atom stereocenters. The maximum absolute atomic E-state index is 15.4. The fraction of sp³-hybridized carbons (Fsp3) is 0.0526. The van der Waals surface area contributed by atoms with E-state index in [9.17, 15) is 57.5 Å². The van der Waals surface area contributed by atoms with Crippen LogP contribution in [-0.2, 0) is 6.54 Å². The summed E-state index contributed by atoms with van der Waals surface area (Å²) >= 11 is 0. The minimum absolute atomic E-state index is 0.0940. The number of carbonyl (C=O) groups is 1. The zero-order valence-corrected chi connectivity index (χ0v) is 29.4. The summed E-state index contributed by atoms with van der Waals surface area (Å²) in [6.07, 6.45) is -5.28. The molecule has 0 bridgehead atoms. The van der Waals surface area contributed by atoms with Crippen molar-refractivity contribution >= 4 is 33.8 Å². The second-order valence-corrected chi connectivity index (χ2v) is 12.6. The molecule has 2 nitrogen and oxygen atoms in total. The van der Waals surface area contributed by atoms with Gasteiger partial charge in [0.15, 0.2) is 82.5 Å². The molecule has 0 unspecified atom stereocenters. The Kier molecular flexibility index (Phi) is 12.7. The predicted molar refractivity (Wildman–Crippen MR) is 171 cm³/mol. The fourth-order valence-corrected chi connectivity index (χ4v) is 6.59. The molecule has 0 saturated heterocycles. The second kappa shape index (κ2) is 16.9. The summed E-state index contributed by atoms with van der Waals surface area (Å²) in [6.45, 7) is 2.33. The summed E-state index contributed by atoms with van der Waals surface area (Å²) in [6, 6.07) is 15.8. The van der Waals surface area contributed by atoms with Crippen molar-refractivity contribution in [3.05, 3.63) is 182 Å². The van der Waals surface area contributed by atoms with Crippen LogP contribution < -0.4 is 26.4 Å². The van der Waals surface area contributed by atoms with Crippen molar-refractivity contribution in [2.75, 3.05) is 0 Å². The van der Waals surface area contributed by atoms with Crippen LogP contribution in [0, 0.1) is 116 Å². The molecule has 6 aromatic rings. The van der Waals surface area contributed by atoms with Crippen molar-refractivity contribution in [2.24, 2.45) is 0 Å². The Labute approximate surface area is 326 Å². The largest absolute Gasteiger partial charge is 0.288 e. The van der Waals surface area contributed by atoms with Crippen molar-refractivity contribution in [3.8, 4) is 0 Å². The fourth-order valence-electron chi connectivity index (χ4n) is 6.59. The first-order valence-corrected chi connectivity index (χ1v) is 16.2. The standard InChI is InChI=1S/C24BF20.C14H14NO/c26-5-1(6(27)14(35)21(42)13(5)34)25(2-7(28)15(36)22(43)16(37)8(2)29,3-9(30)17(38)23(44)18(39)10(3)31)4-11(32)19(40)24(45)20(41)12(4)33;1-12(16)14-9-5-6-10-15(14)11-13-7-3-2-4-8-13/h;2-10H,11H2,1H3/q-1;+1. The van der Waals surface area contributed by atoms with E-state index in [2.05, 4.69) is 12.1 Å². The van der Waals surface area contributed by atoms with E-state index in [4.69, 9.17) is 0 Å². The van der Waals surface area contributed by atoms with Gasteiger partial charge < -0.3 is 0 Å². The highest BCUT2D eigenvalue weighted by Crippen LogP contribution is 2.30. The number of halogens is 20. The second-order valence-electron chi connectivity index (χ2n) is 12.6. The monoisotopic (exact) mass is 891 g/mol. The summed E-state index contributed by atoms with van der Waals surface area (Å²) in [7, 11) is 0. The maximum atomic E-state index is 15.4. The zero-order chi connectivity index (χ0) is 45.7. The molecule has 0 saturated carbocycles. The topological polar surface area (TPSA) is 20.9 Å². The highest BCUT2D eigenvalue weighted by Gasteiger charge is 2.52. The van der Waals surface area contributed by atoms with E-state index in [-0.39, 0.29) is 5.78 Å². The quantitative estimate of drug-likeness (QED) is 0.0397. The molecule has 0 aliphatic carbocycles. The van der Waals surface area contributed by atoms with E-state index >= 15 is 35.1 Å². The number of pyridine rings is 1. The van der Waals surface area contributed by atoms with Gasteiger partial charge in [0.05, 0.1) is 0 Å². The number of carbonyl (C=O) groups excluding carboxylic acids is 1. The highest BCUT2D eigenvalue weighted by atomic mass is 19.2. The summed E-state index contributed by atoms with van der Waals surface area (Å²) < 4.78 is 296. The molecule has 5 aromatic carbocycles. The summed E-state index contributed by atoms with van der Waals surface area (Å²) in [5, 5.41) is 0. The van der Waals surface area contributed by atoms with Crippen LogP contribution in [0.25, 0.3) is 0 Å². The number of hydrogen-bond acceptors (Lipinski definition) is 1. The SMILES string of the molecule is CC(=O)c1cccc[n+]1Cc1ccccc1.Fc1c(F)c(F)c([B-](c2c(F)c(F)c(F)c(F)c2F)(c2c(F)c(F)c(F)c(F)c2F)c2c(F)c(F)c(F)c(F)c2F)c(F)c1F. The highest BCUT2D eigenvalue weighted by molar-refractivity contribution is 7.20. The van der Waals surface area contributed by atoms with Gasteiger partial charge in [-0.05, 0) is 6.07 Å². The Morgan fingerprint density at radius 3 is 0.885 bits per heavy atom. The van der Waals surface area contributed by atoms with E-state index in [0.29, 0.717) is 0 Å². The van der Waals surface area contributed by atoms with E-state index in [0.717, 1.165) is 12.2 Å². The van der Waals surface area contributed by atoms with Crippen LogP contribution in [-0.4, -0.2) is 11.9 Å². The first-order chi connectivity index (χ1) is 28.5. The normalized spacial score (nSPS) is 11.5. The van der Waals surface area contributed by atoms with Gasteiger partial charge in [-0.25, -0.2) is 87.8 Å². The molecule has 0 fully saturated rings. The third kappa shape index (κ3) is 7.21. The van der Waals surface area contributed by atoms with Gasteiger partial charge in [-0.2, -0.15) is 4.57 Å². The molecule has 1 aromatic heterocycles. The molecule has 0 aliphatic rings. The predicted octanol–water partition coefficient (Wildman–Crippen LogP) is 8.07. The molecule has 320 valence electrons. The molecule has 1 heterocycles. The lowest BCUT2D eigenvalue weighted by atomic mass is 9.12.